The van der Waals surface area contributed by atoms with E-state index >= 15 is 0 Å². The van der Waals surface area contributed by atoms with Gasteiger partial charge in [-0.05, 0) is 55.5 Å². The van der Waals surface area contributed by atoms with Gasteiger partial charge in [0, 0.05) is 11.6 Å². The minimum atomic E-state index is -0.0148. The van der Waals surface area contributed by atoms with Crippen LogP contribution >= 0.6 is 0 Å². The molecular weight excluding hydrogens is 324 g/mol. The number of aromatic nitrogens is 3. The summed E-state index contributed by atoms with van der Waals surface area (Å²) >= 11 is 0. The minimum Gasteiger partial charge on any atom is -0.350 e. The highest BCUT2D eigenvalue weighted by Gasteiger charge is 2.11. The Bertz CT molecular complexity index is 867. The Hall–Kier alpha value is -2.69. The molecule has 3 aromatic rings. The Kier molecular flexibility index (Phi) is 5.66. The molecule has 136 valence electrons. The van der Waals surface area contributed by atoms with Gasteiger partial charge < -0.3 is 5.32 Å². The van der Waals surface area contributed by atoms with Gasteiger partial charge in [-0.3, -0.25) is 4.79 Å². The zero-order valence-electron chi connectivity index (χ0n) is 15.6. The smallest absolute Gasteiger partial charge is 0.251 e. The van der Waals surface area contributed by atoms with Crippen LogP contribution in [0.4, 0.5) is 0 Å². The van der Waals surface area contributed by atoms with Crippen molar-refractivity contribution in [1.29, 1.82) is 0 Å². The molecule has 0 bridgehead atoms. The van der Waals surface area contributed by atoms with Crippen LogP contribution in [0.25, 0.3) is 11.0 Å². The predicted octanol–water partition coefficient (Wildman–Crippen LogP) is 4.03. The maximum atomic E-state index is 12.4. The van der Waals surface area contributed by atoms with Crippen molar-refractivity contribution in [3.05, 3.63) is 59.7 Å². The van der Waals surface area contributed by atoms with Crippen molar-refractivity contribution in [2.24, 2.45) is 5.92 Å². The molecule has 0 fully saturated rings. The Morgan fingerprint density at radius 2 is 1.77 bits per heavy atom. The van der Waals surface area contributed by atoms with Crippen LogP contribution in [-0.4, -0.2) is 26.9 Å². The summed E-state index contributed by atoms with van der Waals surface area (Å²) < 4.78 is 1.87. The molecule has 0 saturated heterocycles. The predicted molar refractivity (Wildman–Crippen MR) is 104 cm³/mol. The number of hydrogen-bond acceptors (Lipinski definition) is 3. The Morgan fingerprint density at radius 3 is 2.50 bits per heavy atom. The summed E-state index contributed by atoms with van der Waals surface area (Å²) in [6, 6.07) is 15.8. The fourth-order valence-corrected chi connectivity index (χ4v) is 2.93. The number of para-hydroxylation sites is 1. The highest BCUT2D eigenvalue weighted by atomic mass is 16.1. The monoisotopic (exact) mass is 350 g/mol. The van der Waals surface area contributed by atoms with Crippen molar-refractivity contribution in [3.63, 3.8) is 0 Å². The van der Waals surface area contributed by atoms with E-state index < -0.39 is 0 Å². The topological polar surface area (TPSA) is 59.8 Å². The van der Waals surface area contributed by atoms with Gasteiger partial charge in [0.2, 0.25) is 0 Å². The number of benzene rings is 2. The van der Waals surface area contributed by atoms with Gasteiger partial charge in [-0.2, -0.15) is 0 Å². The molecule has 0 spiro atoms. The summed E-state index contributed by atoms with van der Waals surface area (Å²) in [5.74, 6) is 0.639. The first kappa shape index (κ1) is 18.1. The van der Waals surface area contributed by atoms with Gasteiger partial charge in [-0.25, -0.2) is 4.68 Å². The van der Waals surface area contributed by atoms with Crippen molar-refractivity contribution in [2.75, 3.05) is 0 Å². The minimum absolute atomic E-state index is 0.0148. The van der Waals surface area contributed by atoms with Gasteiger partial charge in [0.25, 0.3) is 5.91 Å². The lowest BCUT2D eigenvalue weighted by Crippen LogP contribution is -2.32. The van der Waals surface area contributed by atoms with Crippen molar-refractivity contribution in [3.8, 4) is 0 Å². The Labute approximate surface area is 154 Å². The fourth-order valence-electron chi connectivity index (χ4n) is 2.93. The summed E-state index contributed by atoms with van der Waals surface area (Å²) in [6.45, 7) is 7.09. The third kappa shape index (κ3) is 4.48. The highest BCUT2D eigenvalue weighted by molar-refractivity contribution is 5.94. The van der Waals surface area contributed by atoms with Gasteiger partial charge in [0.05, 0.1) is 12.1 Å². The second-order valence-electron chi connectivity index (χ2n) is 7.28. The van der Waals surface area contributed by atoms with Gasteiger partial charge in [0.15, 0.2) is 0 Å². The fraction of sp³-hybridized carbons (Fsp3) is 0.381. The van der Waals surface area contributed by atoms with E-state index in [2.05, 4.69) is 36.4 Å². The van der Waals surface area contributed by atoms with E-state index in [4.69, 9.17) is 0 Å². The van der Waals surface area contributed by atoms with Crippen LogP contribution < -0.4 is 5.32 Å². The second kappa shape index (κ2) is 8.13. The first-order chi connectivity index (χ1) is 12.5. The largest absolute Gasteiger partial charge is 0.350 e. The number of fused-ring (bicyclic) bond motifs is 1. The van der Waals surface area contributed by atoms with Crippen LogP contribution in [0.15, 0.2) is 48.5 Å². The van der Waals surface area contributed by atoms with Gasteiger partial charge in [-0.1, -0.05) is 43.3 Å². The molecule has 2 aromatic carbocycles. The molecule has 0 saturated carbocycles. The summed E-state index contributed by atoms with van der Waals surface area (Å²) in [7, 11) is 0. The maximum Gasteiger partial charge on any atom is 0.251 e. The summed E-state index contributed by atoms with van der Waals surface area (Å²) in [4.78, 5) is 12.4. The third-order valence-electron chi connectivity index (χ3n) is 4.52. The van der Waals surface area contributed by atoms with Crippen molar-refractivity contribution in [1.82, 2.24) is 20.3 Å². The first-order valence-electron chi connectivity index (χ1n) is 9.21. The van der Waals surface area contributed by atoms with E-state index in [1.165, 1.54) is 0 Å². The van der Waals surface area contributed by atoms with Gasteiger partial charge >= 0.3 is 0 Å². The molecule has 1 aromatic heterocycles. The summed E-state index contributed by atoms with van der Waals surface area (Å²) in [5.41, 5.74) is 3.67. The van der Waals surface area contributed by atoms with Gasteiger partial charge in [0.1, 0.15) is 5.52 Å². The molecule has 1 heterocycles. The van der Waals surface area contributed by atoms with E-state index in [0.717, 1.165) is 29.4 Å². The van der Waals surface area contributed by atoms with Crippen LogP contribution in [0.5, 0.6) is 0 Å². The number of nitrogens with zero attached hydrogens (tertiary/aromatic N) is 3. The molecule has 5 heteroatoms. The molecule has 26 heavy (non-hydrogen) atoms. The molecular formula is C21H26N4O. The number of rotatable bonds is 7. The third-order valence-corrected chi connectivity index (χ3v) is 4.52. The molecule has 1 N–H and O–H groups in total. The van der Waals surface area contributed by atoms with Crippen LogP contribution in [0.1, 0.15) is 49.5 Å². The normalized spacial score (nSPS) is 12.5. The van der Waals surface area contributed by atoms with Crippen LogP contribution in [0.2, 0.25) is 0 Å². The van der Waals surface area contributed by atoms with Crippen LogP contribution in [-0.2, 0) is 6.54 Å². The number of nitrogens with one attached hydrogen (secondary N) is 1. The Balaban J connectivity index is 1.62. The summed E-state index contributed by atoms with van der Waals surface area (Å²) in [5, 5.41) is 11.5. The number of carbonyl (C=O) groups excluding carboxylic acids is 1. The average molecular weight is 350 g/mol. The zero-order chi connectivity index (χ0) is 18.5. The van der Waals surface area contributed by atoms with E-state index in [1.54, 1.807) is 0 Å². The standard InChI is InChI=1S/C21H26N4O/c1-15(2)8-9-16(3)22-21(26)18-12-10-17(11-13-18)14-25-20-7-5-4-6-19(20)23-24-25/h4-7,10-13,15-16H,8-9,14H2,1-3H3,(H,22,26)/t16-/m0/s1. The molecule has 0 radical (unpaired) electrons. The average Bonchev–Trinajstić information content (AvgIpc) is 3.04. The molecule has 0 aliphatic heterocycles. The van der Waals surface area contributed by atoms with Gasteiger partial charge in [-0.15, -0.1) is 5.10 Å². The molecule has 1 amide bonds. The lowest BCUT2D eigenvalue weighted by molar-refractivity contribution is 0.0937. The van der Waals surface area contributed by atoms with Crippen LogP contribution in [0.3, 0.4) is 0 Å². The van der Waals surface area contributed by atoms with Crippen LogP contribution in [0, 0.1) is 5.92 Å². The highest BCUT2D eigenvalue weighted by Crippen LogP contribution is 2.13. The maximum absolute atomic E-state index is 12.4. The lowest BCUT2D eigenvalue weighted by Gasteiger charge is -2.15. The molecule has 0 aliphatic rings. The number of carbonyl (C=O) groups is 1. The quantitative estimate of drug-likeness (QED) is 0.700. The SMILES string of the molecule is CC(C)CC[C@H](C)NC(=O)c1ccc(Cn2nnc3ccccc32)cc1. The molecule has 3 rings (SSSR count). The number of hydrogen-bond donors (Lipinski definition) is 1. The zero-order valence-corrected chi connectivity index (χ0v) is 15.6. The second-order valence-corrected chi connectivity index (χ2v) is 7.28. The van der Waals surface area contributed by atoms with E-state index in [9.17, 15) is 4.79 Å². The van der Waals surface area contributed by atoms with Crippen molar-refractivity contribution < 1.29 is 4.79 Å². The molecule has 1 atom stereocenters. The summed E-state index contributed by atoms with van der Waals surface area (Å²) in [6.07, 6.45) is 2.12. The molecule has 0 unspecified atom stereocenters. The van der Waals surface area contributed by atoms with Crippen molar-refractivity contribution >= 4 is 16.9 Å². The first-order valence-corrected chi connectivity index (χ1v) is 9.21. The number of amides is 1. The van der Waals surface area contributed by atoms with E-state index in [0.29, 0.717) is 18.0 Å². The van der Waals surface area contributed by atoms with Crippen molar-refractivity contribution in [2.45, 2.75) is 46.2 Å². The Morgan fingerprint density at radius 1 is 1.04 bits per heavy atom. The van der Waals surface area contributed by atoms with E-state index in [1.807, 2.05) is 53.2 Å². The molecule has 0 aliphatic carbocycles. The molecule has 5 nitrogen and oxygen atoms in total. The lowest BCUT2D eigenvalue weighted by atomic mass is 10.0. The van der Waals surface area contributed by atoms with E-state index in [-0.39, 0.29) is 11.9 Å².